The van der Waals surface area contributed by atoms with Crippen LogP contribution in [0.1, 0.15) is 69.9 Å². The summed E-state index contributed by atoms with van der Waals surface area (Å²) in [6, 6.07) is 26.1. The van der Waals surface area contributed by atoms with E-state index in [9.17, 15) is 29.4 Å². The summed E-state index contributed by atoms with van der Waals surface area (Å²) >= 11 is 0.656. The number of carboxylic acid groups (broad SMARTS) is 2. The number of carbonyl (C=O) groups is 4. The van der Waals surface area contributed by atoms with Crippen LogP contribution in [0.25, 0.3) is 22.2 Å². The van der Waals surface area contributed by atoms with Crippen molar-refractivity contribution in [3.8, 4) is 11.1 Å². The monoisotopic (exact) mass is 692 g/mol. The molecule has 4 aromatic carbocycles. The first-order valence-corrected chi connectivity index (χ1v) is 17.2. The Bertz CT molecular complexity index is 2030. The Kier molecular flexibility index (Phi) is 11.5. The number of carbonyl (C=O) groups excluding carboxylic acids is 2. The largest absolute Gasteiger partial charge is 0.481 e. The van der Waals surface area contributed by atoms with Crippen LogP contribution >= 0.6 is 11.9 Å². The molecule has 5 rings (SSSR count). The van der Waals surface area contributed by atoms with Gasteiger partial charge in [-0.2, -0.15) is 0 Å². The van der Waals surface area contributed by atoms with Crippen LogP contribution in [0, 0.1) is 6.92 Å². The number of nitrogens with two attached hydrogens (primary N) is 1. The number of amides is 1. The Morgan fingerprint density at radius 3 is 2.26 bits per heavy atom. The Morgan fingerprint density at radius 1 is 0.920 bits per heavy atom. The highest BCUT2D eigenvalue weighted by atomic mass is 32.2. The molecule has 0 saturated carbocycles. The normalized spacial score (nSPS) is 12.4. The molecule has 2 atom stereocenters. The molecule has 0 aliphatic heterocycles. The summed E-state index contributed by atoms with van der Waals surface area (Å²) in [4.78, 5) is 55.5. The molecule has 2 unspecified atom stereocenters. The van der Waals surface area contributed by atoms with E-state index in [2.05, 4.69) is 11.5 Å². The zero-order valence-electron chi connectivity index (χ0n) is 28.2. The number of aryl methyl sites for hydroxylation is 2. The molecule has 0 spiro atoms. The molecule has 11 heteroatoms. The van der Waals surface area contributed by atoms with Crippen LogP contribution in [0.2, 0.25) is 0 Å². The summed E-state index contributed by atoms with van der Waals surface area (Å²) in [5, 5.41) is 18.3. The van der Waals surface area contributed by atoms with E-state index >= 15 is 0 Å². The molecule has 10 nitrogen and oxygen atoms in total. The molecular formula is C39H40N4O6S. The Labute approximate surface area is 295 Å². The number of fused-ring (bicyclic) bond motifs is 1. The predicted molar refractivity (Wildman–Crippen MR) is 195 cm³/mol. The predicted octanol–water partition coefficient (Wildman–Crippen LogP) is 6.76. The quantitative estimate of drug-likeness (QED) is 0.114. The fraction of sp³-hybridized carbons (Fsp3) is 0.256. The third kappa shape index (κ3) is 8.30. The molecule has 0 fully saturated rings. The number of benzene rings is 4. The molecule has 1 heterocycles. The highest BCUT2D eigenvalue weighted by Crippen LogP contribution is 2.30. The second-order valence-corrected chi connectivity index (χ2v) is 13.3. The van der Waals surface area contributed by atoms with Gasteiger partial charge < -0.3 is 20.5 Å². The number of aromatic carboxylic acids is 1. The second kappa shape index (κ2) is 16.0. The maximum atomic E-state index is 14.3. The van der Waals surface area contributed by atoms with Gasteiger partial charge in [0.1, 0.15) is 5.82 Å². The second-order valence-electron chi connectivity index (χ2n) is 12.4. The van der Waals surface area contributed by atoms with Gasteiger partial charge in [0.25, 0.3) is 5.91 Å². The van der Waals surface area contributed by atoms with E-state index in [0.29, 0.717) is 42.5 Å². The highest BCUT2D eigenvalue weighted by Gasteiger charge is 2.30. The molecule has 4 N–H and O–H groups in total. The topological polar surface area (TPSA) is 156 Å². The van der Waals surface area contributed by atoms with E-state index < -0.39 is 41.5 Å². The number of nitrogens with zero attached hydrogens (tertiary/aromatic N) is 3. The van der Waals surface area contributed by atoms with Crippen molar-refractivity contribution in [1.82, 2.24) is 13.9 Å². The summed E-state index contributed by atoms with van der Waals surface area (Å²) < 4.78 is 3.50. The summed E-state index contributed by atoms with van der Waals surface area (Å²) in [6.07, 6.45) is 1.50. The van der Waals surface area contributed by atoms with E-state index in [4.69, 9.17) is 10.7 Å². The number of aromatic nitrogens is 2. The van der Waals surface area contributed by atoms with Crippen LogP contribution in [0.3, 0.4) is 0 Å². The summed E-state index contributed by atoms with van der Waals surface area (Å²) in [5.41, 5.74) is 12.2. The van der Waals surface area contributed by atoms with Crippen LogP contribution in [-0.2, 0) is 29.0 Å². The lowest BCUT2D eigenvalue weighted by Crippen LogP contribution is -2.39. The average Bonchev–Trinajstić information content (AvgIpc) is 3.44. The van der Waals surface area contributed by atoms with Crippen molar-refractivity contribution in [1.29, 1.82) is 0 Å². The standard InChI is InChI=1S/C39H40N4O6S/c1-4-10-34-41-36-24(2)19-29(37(46)43(50-39(49)32(40)22-35(44)45)25(3)20-26-11-6-5-7-12-26)21-33(36)42(34)23-27-15-17-28(18-16-27)30-13-8-9-14-31(30)38(47)48/h5-9,11-19,21,25,32H,4,10,20,22-23,40H2,1-3H3,(H,44,45)(H,47,48). The van der Waals surface area contributed by atoms with E-state index in [1.807, 2.05) is 74.5 Å². The minimum absolute atomic E-state index is 0.231. The molecule has 0 saturated heterocycles. The lowest BCUT2D eigenvalue weighted by molar-refractivity contribution is -0.138. The number of imidazole rings is 1. The molecule has 0 radical (unpaired) electrons. The van der Waals surface area contributed by atoms with Crippen LogP contribution in [0.5, 0.6) is 0 Å². The van der Waals surface area contributed by atoms with E-state index in [1.54, 1.807) is 30.3 Å². The third-order valence-corrected chi connectivity index (χ3v) is 9.67. The van der Waals surface area contributed by atoms with Crippen molar-refractivity contribution in [2.24, 2.45) is 5.73 Å². The van der Waals surface area contributed by atoms with Crippen molar-refractivity contribution in [2.45, 2.75) is 65.1 Å². The van der Waals surface area contributed by atoms with Gasteiger partial charge in [0.05, 0.1) is 29.1 Å². The van der Waals surface area contributed by atoms with Gasteiger partial charge in [0.2, 0.25) is 5.12 Å². The van der Waals surface area contributed by atoms with Gasteiger partial charge in [-0.15, -0.1) is 0 Å². The van der Waals surface area contributed by atoms with Crippen molar-refractivity contribution in [3.63, 3.8) is 0 Å². The van der Waals surface area contributed by atoms with Crippen molar-refractivity contribution in [2.75, 3.05) is 0 Å². The van der Waals surface area contributed by atoms with Crippen LogP contribution in [-0.4, -0.2) is 59.1 Å². The number of rotatable bonds is 13. The Morgan fingerprint density at radius 2 is 1.60 bits per heavy atom. The first-order valence-electron chi connectivity index (χ1n) is 16.4. The number of hydrogen-bond donors (Lipinski definition) is 3. The van der Waals surface area contributed by atoms with Crippen molar-refractivity contribution < 1.29 is 29.4 Å². The van der Waals surface area contributed by atoms with Crippen molar-refractivity contribution in [3.05, 3.63) is 125 Å². The molecule has 258 valence electrons. The van der Waals surface area contributed by atoms with E-state index in [0.717, 1.165) is 45.5 Å². The zero-order valence-corrected chi connectivity index (χ0v) is 29.0. The van der Waals surface area contributed by atoms with Crippen LogP contribution in [0.15, 0.2) is 91.0 Å². The van der Waals surface area contributed by atoms with Gasteiger partial charge in [-0.3, -0.25) is 18.7 Å². The highest BCUT2D eigenvalue weighted by molar-refractivity contribution is 8.12. The SMILES string of the molecule is CCCc1nc2c(C)cc(C(=O)N(SC(=O)C(N)CC(=O)O)C(C)Cc3ccccc3)cc2n1Cc1ccc(-c2ccccc2C(=O)O)cc1. The van der Waals surface area contributed by atoms with Gasteiger partial charge >= 0.3 is 11.9 Å². The van der Waals surface area contributed by atoms with E-state index in [-0.39, 0.29) is 5.56 Å². The molecule has 0 aliphatic carbocycles. The summed E-state index contributed by atoms with van der Waals surface area (Å²) in [6.45, 7) is 6.30. The fourth-order valence-corrected chi connectivity index (χ4v) is 6.84. The number of carboxylic acids is 2. The van der Waals surface area contributed by atoms with Gasteiger partial charge in [0.15, 0.2) is 0 Å². The first-order chi connectivity index (χ1) is 24.0. The minimum Gasteiger partial charge on any atom is -0.481 e. The molecule has 50 heavy (non-hydrogen) atoms. The Hall–Kier alpha value is -5.26. The van der Waals surface area contributed by atoms with Gasteiger partial charge in [-0.1, -0.05) is 79.7 Å². The van der Waals surface area contributed by atoms with Crippen LogP contribution in [0.4, 0.5) is 0 Å². The molecule has 1 aromatic heterocycles. The molecule has 1 amide bonds. The van der Waals surface area contributed by atoms with Gasteiger partial charge in [-0.25, -0.2) is 9.78 Å². The number of aliphatic carboxylic acids is 1. The zero-order chi connectivity index (χ0) is 35.9. The third-order valence-electron chi connectivity index (χ3n) is 8.47. The lowest BCUT2D eigenvalue weighted by Gasteiger charge is -2.28. The minimum atomic E-state index is -1.28. The Balaban J connectivity index is 1.51. The molecule has 0 aliphatic rings. The summed E-state index contributed by atoms with van der Waals surface area (Å²) in [5.74, 6) is -1.71. The van der Waals surface area contributed by atoms with Crippen molar-refractivity contribution >= 4 is 45.9 Å². The fourth-order valence-electron chi connectivity index (χ4n) is 5.98. The first kappa shape index (κ1) is 36.0. The molecular weight excluding hydrogens is 653 g/mol. The molecule has 0 bridgehead atoms. The summed E-state index contributed by atoms with van der Waals surface area (Å²) in [7, 11) is 0. The molecule has 5 aromatic rings. The van der Waals surface area contributed by atoms with Crippen LogP contribution < -0.4 is 5.73 Å². The lowest BCUT2D eigenvalue weighted by atomic mass is 9.98. The van der Waals surface area contributed by atoms with Gasteiger partial charge in [-0.05, 0) is 72.7 Å². The van der Waals surface area contributed by atoms with Gasteiger partial charge in [0, 0.05) is 36.5 Å². The maximum Gasteiger partial charge on any atom is 0.336 e. The smallest absolute Gasteiger partial charge is 0.336 e. The average molecular weight is 693 g/mol. The van der Waals surface area contributed by atoms with E-state index in [1.165, 1.54) is 4.31 Å². The maximum absolute atomic E-state index is 14.3. The number of hydrogen-bond acceptors (Lipinski definition) is 7.